The van der Waals surface area contributed by atoms with Crippen LogP contribution in [0.15, 0.2) is 50.3 Å². The van der Waals surface area contributed by atoms with E-state index < -0.39 is 0 Å². The van der Waals surface area contributed by atoms with Crippen LogP contribution in [0.5, 0.6) is 0 Å². The third-order valence-corrected chi connectivity index (χ3v) is 3.26. The highest BCUT2D eigenvalue weighted by Crippen LogP contribution is 2.18. The normalized spacial score (nSPS) is 15.1. The van der Waals surface area contributed by atoms with E-state index in [1.54, 1.807) is 24.3 Å². The van der Waals surface area contributed by atoms with Crippen LogP contribution < -0.4 is 16.5 Å². The molecule has 1 aliphatic heterocycles. The van der Waals surface area contributed by atoms with E-state index in [4.69, 9.17) is 10.2 Å². The van der Waals surface area contributed by atoms with Gasteiger partial charge in [0.25, 0.3) is 0 Å². The largest absolute Gasteiger partial charge is 0.463 e. The molecule has 1 aliphatic rings. The van der Waals surface area contributed by atoms with Crippen LogP contribution >= 0.6 is 0 Å². The second kappa shape index (κ2) is 5.13. The molecule has 0 aliphatic carbocycles. The summed E-state index contributed by atoms with van der Waals surface area (Å²) < 4.78 is 5.48. The second-order valence-electron chi connectivity index (χ2n) is 4.53. The van der Waals surface area contributed by atoms with E-state index in [0.717, 1.165) is 0 Å². The van der Waals surface area contributed by atoms with Crippen LogP contribution in [0.25, 0.3) is 16.7 Å². The van der Waals surface area contributed by atoms with Crippen LogP contribution in [0, 0.1) is 11.3 Å². The topological polar surface area (TPSA) is 104 Å². The molecule has 2 heterocycles. The summed E-state index contributed by atoms with van der Waals surface area (Å²) in [5, 5.41) is 12.8. The highest BCUT2D eigenvalue weighted by Gasteiger charge is 2.19. The van der Waals surface area contributed by atoms with Crippen LogP contribution in [0.3, 0.4) is 0 Å². The summed E-state index contributed by atoms with van der Waals surface area (Å²) >= 11 is 0. The monoisotopic (exact) mass is 280 g/mol. The number of hydrogen-bond acceptors (Lipinski definition) is 6. The first-order chi connectivity index (χ1) is 10.2. The Bertz CT molecular complexity index is 871. The molecule has 0 spiro atoms. The maximum Gasteiger partial charge on any atom is 0.202 e. The van der Waals surface area contributed by atoms with Crippen molar-refractivity contribution >= 4 is 22.5 Å². The molecule has 2 aromatic rings. The summed E-state index contributed by atoms with van der Waals surface area (Å²) in [5.74, 6) is 0.130. The van der Waals surface area contributed by atoms with E-state index >= 15 is 0 Å². The van der Waals surface area contributed by atoms with E-state index in [2.05, 4.69) is 10.3 Å². The fourth-order valence-electron chi connectivity index (χ4n) is 2.25. The van der Waals surface area contributed by atoms with Crippen molar-refractivity contribution in [1.29, 1.82) is 5.26 Å². The lowest BCUT2D eigenvalue weighted by Gasteiger charge is -2.09. The van der Waals surface area contributed by atoms with Crippen LogP contribution in [0.1, 0.15) is 5.56 Å². The third kappa shape index (κ3) is 2.15. The van der Waals surface area contributed by atoms with Gasteiger partial charge in [-0.05, 0) is 12.1 Å². The molecule has 6 nitrogen and oxygen atoms in total. The number of nitrogens with zero attached hydrogens (tertiary/aromatic N) is 2. The van der Waals surface area contributed by atoms with Gasteiger partial charge in [-0.2, -0.15) is 5.26 Å². The van der Waals surface area contributed by atoms with E-state index in [-0.39, 0.29) is 22.4 Å². The number of fused-ring (bicyclic) bond motifs is 1. The van der Waals surface area contributed by atoms with Crippen molar-refractivity contribution in [3.05, 3.63) is 51.9 Å². The van der Waals surface area contributed by atoms with Gasteiger partial charge in [0.1, 0.15) is 29.3 Å². The molecule has 1 aromatic heterocycles. The average molecular weight is 280 g/mol. The number of hydrogen-bond donors (Lipinski definition) is 2. The lowest BCUT2D eigenvalue weighted by Crippen LogP contribution is -2.23. The van der Waals surface area contributed by atoms with Gasteiger partial charge in [0, 0.05) is 6.54 Å². The molecule has 6 heteroatoms. The second-order valence-corrected chi connectivity index (χ2v) is 4.53. The number of aliphatic imine (C=N–C) groups is 1. The van der Waals surface area contributed by atoms with E-state index in [0.29, 0.717) is 29.8 Å². The maximum atomic E-state index is 12.6. The summed E-state index contributed by atoms with van der Waals surface area (Å²) in [6.07, 6.45) is 1.35. The van der Waals surface area contributed by atoms with Crippen molar-refractivity contribution in [3.63, 3.8) is 0 Å². The van der Waals surface area contributed by atoms with Gasteiger partial charge in [-0.15, -0.1) is 0 Å². The van der Waals surface area contributed by atoms with Crippen LogP contribution in [-0.2, 0) is 0 Å². The molecule has 0 fully saturated rings. The van der Waals surface area contributed by atoms with Gasteiger partial charge >= 0.3 is 0 Å². The van der Waals surface area contributed by atoms with Gasteiger partial charge in [-0.3, -0.25) is 9.79 Å². The number of benzene rings is 1. The molecule has 0 saturated carbocycles. The molecule has 3 rings (SSSR count). The Balaban J connectivity index is 2.29. The minimum Gasteiger partial charge on any atom is -0.463 e. The maximum absolute atomic E-state index is 12.6. The molecule has 0 amide bonds. The molecule has 0 saturated heterocycles. The zero-order valence-electron chi connectivity index (χ0n) is 11.1. The first-order valence-corrected chi connectivity index (χ1v) is 6.42. The van der Waals surface area contributed by atoms with Crippen molar-refractivity contribution in [2.45, 2.75) is 0 Å². The fraction of sp³-hybridized carbons (Fsp3) is 0.133. The van der Waals surface area contributed by atoms with Gasteiger partial charge in [-0.25, -0.2) is 0 Å². The van der Waals surface area contributed by atoms with Crippen LogP contribution in [-0.4, -0.2) is 18.9 Å². The van der Waals surface area contributed by atoms with Gasteiger partial charge < -0.3 is 15.5 Å². The Morgan fingerprint density at radius 1 is 1.38 bits per heavy atom. The molecular formula is C15H12N4O2. The molecule has 1 aromatic carbocycles. The average Bonchev–Trinajstić information content (AvgIpc) is 2.69. The summed E-state index contributed by atoms with van der Waals surface area (Å²) in [7, 11) is 0. The van der Waals surface area contributed by atoms with E-state index in [1.807, 2.05) is 6.07 Å². The van der Waals surface area contributed by atoms with E-state index in [1.165, 1.54) is 6.26 Å². The number of nitrogens with two attached hydrogens (primary N) is 1. The molecule has 21 heavy (non-hydrogen) atoms. The molecule has 0 bridgehead atoms. The number of amidine groups is 1. The minimum atomic E-state index is -0.207. The Morgan fingerprint density at radius 3 is 3.00 bits per heavy atom. The van der Waals surface area contributed by atoms with Crippen molar-refractivity contribution in [3.8, 4) is 6.07 Å². The number of nitrogens with one attached hydrogen (secondary N) is 1. The summed E-state index contributed by atoms with van der Waals surface area (Å²) in [4.78, 5) is 16.6. The Labute approximate surface area is 120 Å². The zero-order valence-corrected chi connectivity index (χ0v) is 11.1. The minimum absolute atomic E-state index is 0.130. The molecule has 0 atom stereocenters. The predicted molar refractivity (Wildman–Crippen MR) is 79.5 cm³/mol. The Kier molecular flexibility index (Phi) is 3.16. The number of para-hydroxylation sites is 1. The van der Waals surface area contributed by atoms with Crippen molar-refractivity contribution < 1.29 is 4.42 Å². The van der Waals surface area contributed by atoms with Gasteiger partial charge in [-0.1, -0.05) is 12.1 Å². The van der Waals surface area contributed by atoms with Crippen molar-refractivity contribution in [2.24, 2.45) is 10.7 Å². The molecule has 3 N–H and O–H groups in total. The standard InChI is InChI=1S/C15H12N4O2/c16-7-10-13(18-5-6-19-15(10)17)11-8-21-12-4-2-1-3-9(12)14(11)20/h1-4,8,18H,5-6H2,(H2,17,19). The SMILES string of the molecule is N#CC1=C(c2coc3ccccc3c2=O)NCCN=C1N. The van der Waals surface area contributed by atoms with Crippen molar-refractivity contribution in [1.82, 2.24) is 5.32 Å². The van der Waals surface area contributed by atoms with Crippen LogP contribution in [0.4, 0.5) is 0 Å². The highest BCUT2D eigenvalue weighted by molar-refractivity contribution is 6.07. The fourth-order valence-corrected chi connectivity index (χ4v) is 2.25. The van der Waals surface area contributed by atoms with E-state index in [9.17, 15) is 10.1 Å². The highest BCUT2D eigenvalue weighted by atomic mass is 16.3. The van der Waals surface area contributed by atoms with Crippen LogP contribution in [0.2, 0.25) is 0 Å². The third-order valence-electron chi connectivity index (χ3n) is 3.26. The van der Waals surface area contributed by atoms with Gasteiger partial charge in [0.2, 0.25) is 5.43 Å². The Morgan fingerprint density at radius 2 is 2.19 bits per heavy atom. The number of rotatable bonds is 1. The summed E-state index contributed by atoms with van der Waals surface area (Å²) in [6.45, 7) is 0.937. The molecule has 104 valence electrons. The lowest BCUT2D eigenvalue weighted by atomic mass is 10.1. The first kappa shape index (κ1) is 12.9. The molecule has 0 unspecified atom stereocenters. The first-order valence-electron chi connectivity index (χ1n) is 6.42. The number of nitriles is 1. The summed E-state index contributed by atoms with van der Waals surface area (Å²) in [5.41, 5.74) is 6.89. The predicted octanol–water partition coefficient (Wildman–Crippen LogP) is 0.988. The molecular weight excluding hydrogens is 268 g/mol. The van der Waals surface area contributed by atoms with Gasteiger partial charge in [0.15, 0.2) is 0 Å². The Hall–Kier alpha value is -3.07. The zero-order chi connectivity index (χ0) is 14.8. The summed E-state index contributed by atoms with van der Waals surface area (Å²) in [6, 6.07) is 8.96. The van der Waals surface area contributed by atoms with Crippen molar-refractivity contribution in [2.75, 3.05) is 13.1 Å². The van der Waals surface area contributed by atoms with Gasteiger partial charge in [0.05, 0.1) is 23.2 Å². The quantitative estimate of drug-likeness (QED) is 0.810. The molecule has 0 radical (unpaired) electrons. The lowest BCUT2D eigenvalue weighted by molar-refractivity contribution is 0.599. The smallest absolute Gasteiger partial charge is 0.202 e.